The van der Waals surface area contributed by atoms with Gasteiger partial charge in [0.1, 0.15) is 5.60 Å². The smallest absolute Gasteiger partial charge is 0.408 e. The number of alkyl carbamates (subject to hydrolysis) is 1. The summed E-state index contributed by atoms with van der Waals surface area (Å²) in [5, 5.41) is 7.45. The maximum absolute atomic E-state index is 12.8. The number of nitrogens with one attached hydrogen (secondary N) is 3. The molecule has 0 spiro atoms. The molecule has 172 valence electrons. The highest BCUT2D eigenvalue weighted by Crippen LogP contribution is 2.33. The number of amides is 2. The number of H-pyrrole nitrogens is 1. The summed E-state index contributed by atoms with van der Waals surface area (Å²) in [6.07, 6.45) is 2.19. The van der Waals surface area contributed by atoms with E-state index in [4.69, 9.17) is 10.5 Å². The highest BCUT2D eigenvalue weighted by Gasteiger charge is 2.26. The van der Waals surface area contributed by atoms with E-state index in [1.807, 2.05) is 59.0 Å². The Bertz CT molecular complexity index is 1090. The summed E-state index contributed by atoms with van der Waals surface area (Å²) in [6, 6.07) is 9.55. The van der Waals surface area contributed by atoms with Gasteiger partial charge in [-0.15, -0.1) is 11.3 Å². The third-order valence-corrected chi connectivity index (χ3v) is 6.07. The van der Waals surface area contributed by atoms with Crippen LogP contribution in [0.15, 0.2) is 36.5 Å². The molecule has 5 N–H and O–H groups in total. The Labute approximate surface area is 192 Å². The number of aromatic nitrogens is 1. The number of aromatic amines is 1. The van der Waals surface area contributed by atoms with Gasteiger partial charge in [-0.3, -0.25) is 4.79 Å². The number of fused-ring (bicyclic) bond motifs is 1. The van der Waals surface area contributed by atoms with E-state index in [9.17, 15) is 9.59 Å². The van der Waals surface area contributed by atoms with Crippen molar-refractivity contribution in [2.75, 3.05) is 12.3 Å². The van der Waals surface area contributed by atoms with Gasteiger partial charge >= 0.3 is 6.09 Å². The maximum Gasteiger partial charge on any atom is 0.408 e. The van der Waals surface area contributed by atoms with Gasteiger partial charge in [0.2, 0.25) is 0 Å². The monoisotopic (exact) mass is 456 g/mol. The molecule has 0 unspecified atom stereocenters. The summed E-state index contributed by atoms with van der Waals surface area (Å²) >= 11 is 1.31. The van der Waals surface area contributed by atoms with E-state index in [2.05, 4.69) is 21.7 Å². The quantitative estimate of drug-likeness (QED) is 0.401. The number of carbonyl (C=O) groups excluding carboxylic acids is 2. The average Bonchev–Trinajstić information content (AvgIpc) is 3.28. The zero-order valence-electron chi connectivity index (χ0n) is 19.2. The van der Waals surface area contributed by atoms with E-state index in [1.54, 1.807) is 6.07 Å². The number of rotatable bonds is 7. The van der Waals surface area contributed by atoms with Crippen LogP contribution in [0, 0.1) is 5.92 Å². The lowest BCUT2D eigenvalue weighted by molar-refractivity contribution is 0.0490. The van der Waals surface area contributed by atoms with Crippen LogP contribution in [0.25, 0.3) is 10.9 Å². The Morgan fingerprint density at radius 1 is 1.22 bits per heavy atom. The first-order valence-corrected chi connectivity index (χ1v) is 11.6. The molecule has 1 atom stereocenters. The van der Waals surface area contributed by atoms with Crippen LogP contribution in [-0.4, -0.2) is 29.1 Å². The highest BCUT2D eigenvalue weighted by atomic mass is 32.1. The number of nitrogen functional groups attached to an aromatic ring is 1. The maximum atomic E-state index is 12.8. The third kappa shape index (κ3) is 5.82. The molecule has 8 heteroatoms. The fraction of sp³-hybridized carbons (Fsp3) is 0.417. The molecule has 1 aromatic carbocycles. The van der Waals surface area contributed by atoms with Crippen LogP contribution in [0.1, 0.15) is 61.5 Å². The summed E-state index contributed by atoms with van der Waals surface area (Å²) in [7, 11) is 0. The van der Waals surface area contributed by atoms with Crippen molar-refractivity contribution in [1.29, 1.82) is 0 Å². The van der Waals surface area contributed by atoms with Crippen molar-refractivity contribution < 1.29 is 14.3 Å². The lowest BCUT2D eigenvalue weighted by Gasteiger charge is -2.25. The Balaban J connectivity index is 1.64. The molecule has 0 saturated carbocycles. The SMILES string of the molecule is CC(C)[C@H](NC(=O)OC(C)(C)C)c1cc(C(=O)NCCc2c[nH]c3ccccc23)c(N)s1. The lowest BCUT2D eigenvalue weighted by Crippen LogP contribution is -2.36. The van der Waals surface area contributed by atoms with Gasteiger partial charge in [0.25, 0.3) is 5.91 Å². The Morgan fingerprint density at radius 3 is 2.62 bits per heavy atom. The van der Waals surface area contributed by atoms with Gasteiger partial charge in [0.15, 0.2) is 0 Å². The van der Waals surface area contributed by atoms with E-state index >= 15 is 0 Å². The van der Waals surface area contributed by atoms with Crippen LogP contribution in [0.5, 0.6) is 0 Å². The number of nitrogens with two attached hydrogens (primary N) is 1. The van der Waals surface area contributed by atoms with Gasteiger partial charge in [-0.2, -0.15) is 0 Å². The molecule has 7 nitrogen and oxygen atoms in total. The molecule has 0 aliphatic rings. The van der Waals surface area contributed by atoms with Crippen molar-refractivity contribution >= 4 is 39.2 Å². The molecule has 2 amide bonds. The van der Waals surface area contributed by atoms with E-state index in [0.717, 1.165) is 21.3 Å². The van der Waals surface area contributed by atoms with Crippen molar-refractivity contribution in [3.8, 4) is 0 Å². The first-order valence-electron chi connectivity index (χ1n) is 10.8. The molecule has 0 aliphatic heterocycles. The second-order valence-electron chi connectivity index (χ2n) is 9.16. The van der Waals surface area contributed by atoms with Crippen LogP contribution >= 0.6 is 11.3 Å². The van der Waals surface area contributed by atoms with E-state index < -0.39 is 11.7 Å². The first kappa shape index (κ1) is 23.7. The topological polar surface area (TPSA) is 109 Å². The number of ether oxygens (including phenoxy) is 1. The summed E-state index contributed by atoms with van der Waals surface area (Å²) in [4.78, 5) is 29.1. The van der Waals surface area contributed by atoms with Gasteiger partial charge in [-0.25, -0.2) is 4.79 Å². The molecule has 0 fully saturated rings. The van der Waals surface area contributed by atoms with Crippen LogP contribution in [-0.2, 0) is 11.2 Å². The third-order valence-electron chi connectivity index (χ3n) is 5.02. The van der Waals surface area contributed by atoms with E-state index in [1.165, 1.54) is 11.3 Å². The minimum absolute atomic E-state index is 0.0957. The predicted molar refractivity (Wildman–Crippen MR) is 130 cm³/mol. The minimum atomic E-state index is -0.587. The van der Waals surface area contributed by atoms with E-state index in [-0.39, 0.29) is 17.9 Å². The second-order valence-corrected chi connectivity index (χ2v) is 10.3. The van der Waals surface area contributed by atoms with Crippen molar-refractivity contribution in [2.45, 2.75) is 52.7 Å². The lowest BCUT2D eigenvalue weighted by atomic mass is 10.0. The second kappa shape index (κ2) is 9.65. The highest BCUT2D eigenvalue weighted by molar-refractivity contribution is 7.16. The summed E-state index contributed by atoms with van der Waals surface area (Å²) in [6.45, 7) is 9.95. The van der Waals surface area contributed by atoms with Gasteiger partial charge in [-0.1, -0.05) is 32.0 Å². The number of carbonyl (C=O) groups is 2. The molecule has 0 radical (unpaired) electrons. The summed E-state index contributed by atoms with van der Waals surface area (Å²) in [5.41, 5.74) is 8.24. The molecule has 3 rings (SSSR count). The normalized spacial score (nSPS) is 12.7. The molecular weight excluding hydrogens is 424 g/mol. The number of hydrogen-bond donors (Lipinski definition) is 4. The summed E-state index contributed by atoms with van der Waals surface area (Å²) in [5.74, 6) is -0.122. The number of hydrogen-bond acceptors (Lipinski definition) is 5. The molecule has 32 heavy (non-hydrogen) atoms. The largest absolute Gasteiger partial charge is 0.444 e. The number of anilines is 1. The zero-order valence-corrected chi connectivity index (χ0v) is 20.1. The fourth-order valence-corrected chi connectivity index (χ4v) is 4.65. The molecular formula is C24H32N4O3S. The predicted octanol–water partition coefficient (Wildman–Crippen LogP) is 5.01. The molecule has 0 aliphatic carbocycles. The summed E-state index contributed by atoms with van der Waals surface area (Å²) < 4.78 is 5.38. The van der Waals surface area contributed by atoms with Gasteiger partial charge in [-0.05, 0) is 50.8 Å². The van der Waals surface area contributed by atoms with Crippen LogP contribution in [0.2, 0.25) is 0 Å². The molecule has 3 aromatic rings. The van der Waals surface area contributed by atoms with Crippen LogP contribution in [0.3, 0.4) is 0 Å². The van der Waals surface area contributed by atoms with Gasteiger partial charge in [0.05, 0.1) is 16.6 Å². The molecule has 2 heterocycles. The van der Waals surface area contributed by atoms with Crippen molar-refractivity contribution in [2.24, 2.45) is 5.92 Å². The van der Waals surface area contributed by atoms with Crippen molar-refractivity contribution in [3.05, 3.63) is 52.5 Å². The average molecular weight is 457 g/mol. The number of benzene rings is 1. The van der Waals surface area contributed by atoms with Crippen molar-refractivity contribution in [3.63, 3.8) is 0 Å². The Kier molecular flexibility index (Phi) is 7.13. The van der Waals surface area contributed by atoms with E-state index in [0.29, 0.717) is 23.5 Å². The molecule has 0 saturated heterocycles. The number of thiophene rings is 1. The van der Waals surface area contributed by atoms with Crippen LogP contribution in [0.4, 0.5) is 9.80 Å². The van der Waals surface area contributed by atoms with Gasteiger partial charge in [0, 0.05) is 28.5 Å². The van der Waals surface area contributed by atoms with Crippen LogP contribution < -0.4 is 16.4 Å². The molecule has 0 bridgehead atoms. The standard InChI is InChI=1S/C24H32N4O3S/c1-14(2)20(28-23(30)31-24(3,4)5)19-12-17(21(25)32-19)22(29)26-11-10-15-13-27-18-9-7-6-8-16(15)18/h6-9,12-14,20,27H,10-11,25H2,1-5H3,(H,26,29)(H,28,30)/t20-/m0/s1. The minimum Gasteiger partial charge on any atom is -0.444 e. The Morgan fingerprint density at radius 2 is 1.94 bits per heavy atom. The van der Waals surface area contributed by atoms with Gasteiger partial charge < -0.3 is 26.1 Å². The fourth-order valence-electron chi connectivity index (χ4n) is 3.50. The molecule has 2 aromatic heterocycles. The number of para-hydroxylation sites is 1. The van der Waals surface area contributed by atoms with Crippen molar-refractivity contribution in [1.82, 2.24) is 15.6 Å². The first-order chi connectivity index (χ1) is 15.0. The Hall–Kier alpha value is -3.00. The zero-order chi connectivity index (χ0) is 23.5.